The molecule has 3 atom stereocenters. The summed E-state index contributed by atoms with van der Waals surface area (Å²) in [6.07, 6.45) is 0.223. The van der Waals surface area contributed by atoms with E-state index in [2.05, 4.69) is 10.2 Å². The molecule has 0 aromatic carbocycles. The van der Waals surface area contributed by atoms with Crippen molar-refractivity contribution in [2.75, 3.05) is 26.2 Å². The Bertz CT molecular complexity index is 307. The van der Waals surface area contributed by atoms with Crippen LogP contribution in [0.25, 0.3) is 0 Å². The molecular formula is C10H24N2O6S. The first-order valence-electron chi connectivity index (χ1n) is 6.10. The van der Waals surface area contributed by atoms with Gasteiger partial charge in [0.25, 0.3) is 0 Å². The fraction of sp³-hybridized carbons (Fsp3) is 1.00. The largest absolute Gasteiger partial charge is 0.394 e. The normalized spacial score (nSPS) is 24.2. The van der Waals surface area contributed by atoms with Crippen LogP contribution in [-0.4, -0.2) is 77.1 Å². The van der Waals surface area contributed by atoms with Gasteiger partial charge in [-0.2, -0.15) is 8.42 Å². The molecule has 1 saturated heterocycles. The molecule has 8 nitrogen and oxygen atoms in total. The van der Waals surface area contributed by atoms with Crippen LogP contribution >= 0.6 is 0 Å². The van der Waals surface area contributed by atoms with E-state index in [0.717, 1.165) is 26.1 Å². The smallest absolute Gasteiger partial charge is 0.393 e. The predicted molar refractivity (Wildman–Crippen MR) is 70.4 cm³/mol. The summed E-state index contributed by atoms with van der Waals surface area (Å²) in [7, 11) is -4.67. The number of β-amino-alcohol motifs (C(OH)–C–C–N with tert-alkyl or cyclic N) is 1. The van der Waals surface area contributed by atoms with Crippen LogP contribution in [0.1, 0.15) is 20.3 Å². The molecule has 0 aromatic heterocycles. The third-order valence-corrected chi connectivity index (χ3v) is 2.58. The second-order valence-electron chi connectivity index (χ2n) is 4.73. The first-order chi connectivity index (χ1) is 8.59. The molecule has 5 N–H and O–H groups in total. The molecule has 19 heavy (non-hydrogen) atoms. The summed E-state index contributed by atoms with van der Waals surface area (Å²) in [5, 5.41) is 22.0. The number of nitrogens with zero attached hydrogens (tertiary/aromatic N) is 1. The van der Waals surface area contributed by atoms with Crippen LogP contribution in [0.4, 0.5) is 0 Å². The van der Waals surface area contributed by atoms with Crippen LogP contribution in [-0.2, 0) is 10.4 Å². The van der Waals surface area contributed by atoms with Gasteiger partial charge in [0, 0.05) is 32.2 Å². The lowest BCUT2D eigenvalue weighted by Crippen LogP contribution is -2.53. The van der Waals surface area contributed by atoms with Gasteiger partial charge in [0.1, 0.15) is 0 Å². The number of rotatable bonds is 4. The molecule has 1 aliphatic rings. The SMILES string of the molecule is CC(O)CC1CNCCN1CC(C)O.O=S(=O)(O)O. The third kappa shape index (κ3) is 12.5. The van der Waals surface area contributed by atoms with Gasteiger partial charge in [0.05, 0.1) is 12.2 Å². The van der Waals surface area contributed by atoms with E-state index in [1.165, 1.54) is 0 Å². The third-order valence-electron chi connectivity index (χ3n) is 2.58. The van der Waals surface area contributed by atoms with E-state index >= 15 is 0 Å². The summed E-state index contributed by atoms with van der Waals surface area (Å²) in [5.74, 6) is 0. The highest BCUT2D eigenvalue weighted by molar-refractivity contribution is 7.79. The summed E-state index contributed by atoms with van der Waals surface area (Å²) < 4.78 is 31.6. The van der Waals surface area contributed by atoms with Crippen LogP contribution in [0.2, 0.25) is 0 Å². The average Bonchev–Trinajstić information content (AvgIpc) is 2.16. The predicted octanol–water partition coefficient (Wildman–Crippen LogP) is -1.24. The first-order valence-corrected chi connectivity index (χ1v) is 7.50. The summed E-state index contributed by atoms with van der Waals surface area (Å²) in [5.41, 5.74) is 0. The molecular weight excluding hydrogens is 276 g/mol. The monoisotopic (exact) mass is 300 g/mol. The highest BCUT2D eigenvalue weighted by Gasteiger charge is 2.23. The molecule has 1 aliphatic heterocycles. The van der Waals surface area contributed by atoms with Crippen LogP contribution in [0.3, 0.4) is 0 Å². The minimum Gasteiger partial charge on any atom is -0.393 e. The highest BCUT2D eigenvalue weighted by atomic mass is 32.3. The lowest BCUT2D eigenvalue weighted by Gasteiger charge is -2.37. The van der Waals surface area contributed by atoms with E-state index in [1.807, 2.05) is 13.8 Å². The van der Waals surface area contributed by atoms with Crippen molar-refractivity contribution in [2.45, 2.75) is 38.5 Å². The van der Waals surface area contributed by atoms with Gasteiger partial charge in [-0.3, -0.25) is 14.0 Å². The van der Waals surface area contributed by atoms with Crippen molar-refractivity contribution in [3.05, 3.63) is 0 Å². The molecule has 3 unspecified atom stereocenters. The Balaban J connectivity index is 0.000000555. The summed E-state index contributed by atoms with van der Waals surface area (Å²) in [4.78, 5) is 2.26. The zero-order valence-electron chi connectivity index (χ0n) is 11.2. The van der Waals surface area contributed by atoms with Crippen LogP contribution < -0.4 is 5.32 Å². The average molecular weight is 300 g/mol. The molecule has 0 radical (unpaired) electrons. The molecule has 0 bridgehead atoms. The van der Waals surface area contributed by atoms with E-state index in [-0.39, 0.29) is 12.2 Å². The van der Waals surface area contributed by atoms with Gasteiger partial charge in [-0.1, -0.05) is 0 Å². The first kappa shape index (κ1) is 18.7. The summed E-state index contributed by atoms with van der Waals surface area (Å²) in [6, 6.07) is 0.360. The van der Waals surface area contributed by atoms with Crippen molar-refractivity contribution >= 4 is 10.4 Å². The minimum atomic E-state index is -4.67. The molecule has 116 valence electrons. The maximum Gasteiger partial charge on any atom is 0.394 e. The molecule has 0 aliphatic carbocycles. The Morgan fingerprint density at radius 3 is 2.21 bits per heavy atom. The number of hydrogen-bond donors (Lipinski definition) is 5. The maximum absolute atomic E-state index is 9.34. The van der Waals surface area contributed by atoms with Crippen LogP contribution in [0.5, 0.6) is 0 Å². The van der Waals surface area contributed by atoms with Gasteiger partial charge in [-0.15, -0.1) is 0 Å². The Morgan fingerprint density at radius 2 is 1.79 bits per heavy atom. The number of piperazine rings is 1. The fourth-order valence-electron chi connectivity index (χ4n) is 2.01. The number of nitrogens with one attached hydrogen (secondary N) is 1. The Morgan fingerprint density at radius 1 is 1.26 bits per heavy atom. The molecule has 9 heteroatoms. The number of aliphatic hydroxyl groups is 2. The van der Waals surface area contributed by atoms with Crippen molar-refractivity contribution in [3.8, 4) is 0 Å². The Hall–Kier alpha value is -0.290. The second kappa shape index (κ2) is 8.80. The zero-order valence-corrected chi connectivity index (χ0v) is 12.0. The van der Waals surface area contributed by atoms with E-state index in [9.17, 15) is 10.2 Å². The zero-order chi connectivity index (χ0) is 15.1. The molecule has 0 saturated carbocycles. The molecule has 0 aromatic rings. The van der Waals surface area contributed by atoms with Crippen LogP contribution in [0.15, 0.2) is 0 Å². The van der Waals surface area contributed by atoms with Crippen molar-refractivity contribution in [1.82, 2.24) is 10.2 Å². The highest BCUT2D eigenvalue weighted by Crippen LogP contribution is 2.10. The van der Waals surface area contributed by atoms with E-state index in [1.54, 1.807) is 0 Å². The molecule has 1 fully saturated rings. The Kier molecular flexibility index (Phi) is 8.66. The number of hydrogen-bond acceptors (Lipinski definition) is 6. The van der Waals surface area contributed by atoms with Gasteiger partial charge in [0.2, 0.25) is 0 Å². The lowest BCUT2D eigenvalue weighted by atomic mass is 10.1. The molecule has 1 rings (SSSR count). The van der Waals surface area contributed by atoms with Crippen molar-refractivity contribution in [2.24, 2.45) is 0 Å². The van der Waals surface area contributed by atoms with E-state index < -0.39 is 10.4 Å². The maximum atomic E-state index is 9.34. The fourth-order valence-corrected chi connectivity index (χ4v) is 2.01. The van der Waals surface area contributed by atoms with E-state index in [4.69, 9.17) is 17.5 Å². The van der Waals surface area contributed by atoms with Gasteiger partial charge in [-0.25, -0.2) is 0 Å². The van der Waals surface area contributed by atoms with Crippen molar-refractivity contribution < 1.29 is 27.7 Å². The van der Waals surface area contributed by atoms with Crippen molar-refractivity contribution in [1.29, 1.82) is 0 Å². The van der Waals surface area contributed by atoms with E-state index in [0.29, 0.717) is 12.6 Å². The Labute approximate surface area is 114 Å². The van der Waals surface area contributed by atoms with Gasteiger partial charge < -0.3 is 15.5 Å². The summed E-state index contributed by atoms with van der Waals surface area (Å²) in [6.45, 7) is 7.18. The van der Waals surface area contributed by atoms with Gasteiger partial charge in [-0.05, 0) is 20.3 Å². The summed E-state index contributed by atoms with van der Waals surface area (Å²) >= 11 is 0. The topological polar surface area (TPSA) is 130 Å². The minimum absolute atomic E-state index is 0.267. The lowest BCUT2D eigenvalue weighted by molar-refractivity contribution is 0.0567. The molecule has 0 amide bonds. The number of aliphatic hydroxyl groups excluding tert-OH is 2. The molecule has 1 heterocycles. The quantitative estimate of drug-likeness (QED) is 0.408. The van der Waals surface area contributed by atoms with Crippen LogP contribution in [0, 0.1) is 0 Å². The second-order valence-corrected chi connectivity index (χ2v) is 5.63. The standard InChI is InChI=1S/C10H22N2O2.H2O4S/c1-8(13)5-10-6-11-3-4-12(10)7-9(2)14;1-5(2,3)4/h8-11,13-14H,3-7H2,1-2H3;(H2,1,2,3,4). The van der Waals surface area contributed by atoms with Crippen molar-refractivity contribution in [3.63, 3.8) is 0 Å². The van der Waals surface area contributed by atoms with Gasteiger partial charge >= 0.3 is 10.4 Å². The molecule has 0 spiro atoms. The van der Waals surface area contributed by atoms with Gasteiger partial charge in [0.15, 0.2) is 0 Å².